The van der Waals surface area contributed by atoms with Gasteiger partial charge in [0.15, 0.2) is 23.1 Å². The molecule has 33 heavy (non-hydrogen) atoms. The Balaban J connectivity index is 1.86. The van der Waals surface area contributed by atoms with Crippen LogP contribution in [0.5, 0.6) is 11.5 Å². The zero-order valence-electron chi connectivity index (χ0n) is 18.1. The minimum Gasteiger partial charge on any atom is -0.493 e. The Morgan fingerprint density at radius 1 is 0.818 bits per heavy atom. The number of rotatable bonds is 6. The number of imide groups is 1. The molecule has 168 valence electrons. The molecular formula is C25H20F2N2O4. The third kappa shape index (κ3) is 4.03. The van der Waals surface area contributed by atoms with Crippen LogP contribution in [0.3, 0.4) is 0 Å². The minimum atomic E-state index is -1.08. The Kier molecular flexibility index (Phi) is 5.83. The Bertz CT molecular complexity index is 1300. The summed E-state index contributed by atoms with van der Waals surface area (Å²) in [6.45, 7) is 1.84. The lowest BCUT2D eigenvalue weighted by atomic mass is 10.0. The Hall–Kier alpha value is -4.20. The van der Waals surface area contributed by atoms with Gasteiger partial charge in [-0.15, -0.1) is 0 Å². The first-order chi connectivity index (χ1) is 15.8. The van der Waals surface area contributed by atoms with Crippen LogP contribution in [0, 0.1) is 18.6 Å². The molecule has 0 atom stereocenters. The van der Waals surface area contributed by atoms with Crippen LogP contribution < -0.4 is 19.7 Å². The molecule has 2 amide bonds. The maximum absolute atomic E-state index is 13.8. The quantitative estimate of drug-likeness (QED) is 0.552. The van der Waals surface area contributed by atoms with Crippen LogP contribution in [0.2, 0.25) is 0 Å². The lowest BCUT2D eigenvalue weighted by Crippen LogP contribution is -2.32. The third-order valence-corrected chi connectivity index (χ3v) is 5.20. The molecule has 1 N–H and O–H groups in total. The molecule has 0 spiro atoms. The van der Waals surface area contributed by atoms with Gasteiger partial charge in [0, 0.05) is 11.8 Å². The summed E-state index contributed by atoms with van der Waals surface area (Å²) in [4.78, 5) is 28.0. The first-order valence-electron chi connectivity index (χ1n) is 9.98. The first-order valence-corrected chi connectivity index (χ1v) is 9.98. The molecule has 0 saturated carbocycles. The molecule has 0 radical (unpaired) electrons. The third-order valence-electron chi connectivity index (χ3n) is 5.20. The van der Waals surface area contributed by atoms with Crippen molar-refractivity contribution in [3.05, 3.63) is 89.1 Å². The summed E-state index contributed by atoms with van der Waals surface area (Å²) in [6.07, 6.45) is 0. The summed E-state index contributed by atoms with van der Waals surface area (Å²) in [5.74, 6) is -2.48. The largest absolute Gasteiger partial charge is 0.493 e. The Labute approximate surface area is 189 Å². The van der Waals surface area contributed by atoms with Crippen LogP contribution in [0.1, 0.15) is 11.1 Å². The van der Waals surface area contributed by atoms with E-state index in [9.17, 15) is 18.4 Å². The number of ether oxygens (including phenoxy) is 2. The average molecular weight is 450 g/mol. The van der Waals surface area contributed by atoms with Crippen LogP contribution in [0.4, 0.5) is 20.2 Å². The zero-order chi connectivity index (χ0) is 23.7. The zero-order valence-corrected chi connectivity index (χ0v) is 18.1. The number of methoxy groups -OCH3 is 2. The minimum absolute atomic E-state index is 0.0622. The van der Waals surface area contributed by atoms with Gasteiger partial charge in [-0.2, -0.15) is 0 Å². The highest BCUT2D eigenvalue weighted by Gasteiger charge is 2.40. The van der Waals surface area contributed by atoms with Gasteiger partial charge in [0.2, 0.25) is 0 Å². The molecule has 0 aromatic heterocycles. The van der Waals surface area contributed by atoms with Crippen LogP contribution in [0.25, 0.3) is 5.57 Å². The first kappa shape index (κ1) is 22.0. The van der Waals surface area contributed by atoms with E-state index in [0.717, 1.165) is 22.6 Å². The number of nitrogens with one attached hydrogen (secondary N) is 1. The maximum atomic E-state index is 13.8. The summed E-state index contributed by atoms with van der Waals surface area (Å²) in [7, 11) is 2.94. The van der Waals surface area contributed by atoms with Gasteiger partial charge in [0.05, 0.1) is 25.5 Å². The molecule has 1 heterocycles. The molecule has 0 saturated heterocycles. The van der Waals surface area contributed by atoms with Crippen molar-refractivity contribution in [2.75, 3.05) is 24.4 Å². The number of nitrogens with zero attached hydrogens (tertiary/aromatic N) is 1. The average Bonchev–Trinajstić information content (AvgIpc) is 3.05. The van der Waals surface area contributed by atoms with Crippen molar-refractivity contribution in [3.63, 3.8) is 0 Å². The van der Waals surface area contributed by atoms with Gasteiger partial charge in [-0.05, 0) is 54.4 Å². The second kappa shape index (κ2) is 8.74. The summed E-state index contributed by atoms with van der Waals surface area (Å²) in [6, 6.07) is 14.9. The van der Waals surface area contributed by atoms with E-state index >= 15 is 0 Å². The molecule has 3 aromatic carbocycles. The summed E-state index contributed by atoms with van der Waals surface area (Å²) < 4.78 is 37.8. The van der Waals surface area contributed by atoms with Gasteiger partial charge in [0.25, 0.3) is 11.8 Å². The normalized spacial score (nSPS) is 13.5. The van der Waals surface area contributed by atoms with Crippen molar-refractivity contribution < 1.29 is 27.8 Å². The predicted octanol–water partition coefficient (Wildman–Crippen LogP) is 4.69. The molecule has 0 bridgehead atoms. The molecule has 0 unspecified atom stereocenters. The molecule has 8 heteroatoms. The highest BCUT2D eigenvalue weighted by Crippen LogP contribution is 2.37. The van der Waals surface area contributed by atoms with Crippen molar-refractivity contribution in [3.8, 4) is 11.5 Å². The van der Waals surface area contributed by atoms with E-state index in [0.29, 0.717) is 22.7 Å². The van der Waals surface area contributed by atoms with Gasteiger partial charge in [-0.25, -0.2) is 13.7 Å². The van der Waals surface area contributed by atoms with Gasteiger partial charge < -0.3 is 14.8 Å². The topological polar surface area (TPSA) is 67.9 Å². The molecule has 1 aliphatic rings. The molecule has 4 rings (SSSR count). The van der Waals surface area contributed by atoms with Crippen molar-refractivity contribution in [1.82, 2.24) is 0 Å². The Morgan fingerprint density at radius 3 is 2.24 bits per heavy atom. The van der Waals surface area contributed by atoms with Gasteiger partial charge in [-0.1, -0.05) is 18.2 Å². The van der Waals surface area contributed by atoms with Crippen LogP contribution in [-0.2, 0) is 9.59 Å². The van der Waals surface area contributed by atoms with Crippen molar-refractivity contribution in [2.45, 2.75) is 6.92 Å². The van der Waals surface area contributed by atoms with Gasteiger partial charge in [-0.3, -0.25) is 9.59 Å². The van der Waals surface area contributed by atoms with E-state index in [2.05, 4.69) is 5.32 Å². The van der Waals surface area contributed by atoms with Crippen molar-refractivity contribution >= 4 is 28.8 Å². The number of halogens is 2. The monoisotopic (exact) mass is 450 g/mol. The lowest BCUT2D eigenvalue weighted by molar-refractivity contribution is -0.120. The summed E-state index contributed by atoms with van der Waals surface area (Å²) >= 11 is 0. The molecule has 0 aliphatic carbocycles. The number of aryl methyl sites for hydroxylation is 1. The lowest BCUT2D eigenvalue weighted by Gasteiger charge is -2.16. The highest BCUT2D eigenvalue weighted by molar-refractivity contribution is 6.46. The SMILES string of the molecule is COc1ccc(C2=C(Nc3ccc(F)c(F)c3)C(=O)N(c3cccc(C)c3)C2=O)cc1OC. The molecule has 3 aromatic rings. The van der Waals surface area contributed by atoms with Crippen molar-refractivity contribution in [2.24, 2.45) is 0 Å². The number of hydrogen-bond acceptors (Lipinski definition) is 5. The standard InChI is InChI=1S/C25H20F2N2O4/c1-14-5-4-6-17(11-14)29-24(30)22(15-7-10-20(32-2)21(12-15)33-3)23(25(29)31)28-16-8-9-18(26)19(27)13-16/h4-13,28H,1-3H3. The van der Waals surface area contributed by atoms with Crippen molar-refractivity contribution in [1.29, 1.82) is 0 Å². The number of carbonyl (C=O) groups excluding carboxylic acids is 2. The summed E-state index contributed by atoms with van der Waals surface area (Å²) in [5.41, 5.74) is 1.76. The van der Waals surface area contributed by atoms with Crippen LogP contribution in [0.15, 0.2) is 66.4 Å². The molecule has 0 fully saturated rings. The van der Waals surface area contributed by atoms with E-state index in [1.165, 1.54) is 20.3 Å². The second-order valence-corrected chi connectivity index (χ2v) is 7.36. The molecule has 1 aliphatic heterocycles. The number of benzene rings is 3. The fraction of sp³-hybridized carbons (Fsp3) is 0.120. The second-order valence-electron chi connectivity index (χ2n) is 7.36. The number of hydrogen-bond donors (Lipinski definition) is 1. The fourth-order valence-electron chi connectivity index (χ4n) is 3.62. The number of anilines is 2. The van der Waals surface area contributed by atoms with E-state index < -0.39 is 23.4 Å². The highest BCUT2D eigenvalue weighted by atomic mass is 19.2. The van der Waals surface area contributed by atoms with Gasteiger partial charge in [0.1, 0.15) is 5.70 Å². The van der Waals surface area contributed by atoms with E-state index in [4.69, 9.17) is 9.47 Å². The van der Waals surface area contributed by atoms with Crippen LogP contribution in [-0.4, -0.2) is 26.0 Å². The van der Waals surface area contributed by atoms with Gasteiger partial charge >= 0.3 is 0 Å². The maximum Gasteiger partial charge on any atom is 0.282 e. The van der Waals surface area contributed by atoms with E-state index in [1.807, 2.05) is 13.0 Å². The number of carbonyl (C=O) groups is 2. The molecular weight excluding hydrogens is 430 g/mol. The number of amides is 2. The summed E-state index contributed by atoms with van der Waals surface area (Å²) in [5, 5.41) is 2.81. The predicted molar refractivity (Wildman–Crippen MR) is 120 cm³/mol. The van der Waals surface area contributed by atoms with E-state index in [-0.39, 0.29) is 17.0 Å². The van der Waals surface area contributed by atoms with E-state index in [1.54, 1.807) is 36.4 Å². The molecule has 6 nitrogen and oxygen atoms in total. The Morgan fingerprint density at radius 2 is 1.58 bits per heavy atom. The fourth-order valence-corrected chi connectivity index (χ4v) is 3.62. The smallest absolute Gasteiger partial charge is 0.282 e. The van der Waals surface area contributed by atoms with Crippen LogP contribution >= 0.6 is 0 Å².